The first-order valence-electron chi connectivity index (χ1n) is 5.46. The summed E-state index contributed by atoms with van der Waals surface area (Å²) in [5.74, 6) is 1.29. The van der Waals surface area contributed by atoms with Gasteiger partial charge in [-0.15, -0.1) is 0 Å². The van der Waals surface area contributed by atoms with Crippen LogP contribution in [-0.4, -0.2) is 12.8 Å². The van der Waals surface area contributed by atoms with Crippen molar-refractivity contribution in [3.8, 4) is 17.2 Å². The van der Waals surface area contributed by atoms with Crippen molar-refractivity contribution in [2.24, 2.45) is 0 Å². The van der Waals surface area contributed by atoms with Crippen molar-refractivity contribution in [3.63, 3.8) is 0 Å². The monoisotopic (exact) mass is 267 g/mol. The number of rotatable bonds is 4. The fraction of sp³-hybridized carbons (Fsp3) is 0.143. The van der Waals surface area contributed by atoms with E-state index in [0.29, 0.717) is 11.5 Å². The van der Waals surface area contributed by atoms with Crippen molar-refractivity contribution in [1.82, 2.24) is 0 Å². The van der Waals surface area contributed by atoms with Crippen LogP contribution in [0.25, 0.3) is 0 Å². The summed E-state index contributed by atoms with van der Waals surface area (Å²) in [7, 11) is 0. The molecule has 0 amide bonds. The summed E-state index contributed by atoms with van der Waals surface area (Å²) >= 11 is 0. The summed E-state index contributed by atoms with van der Waals surface area (Å²) in [6.07, 6.45) is -4.34. The second kappa shape index (κ2) is 5.65. The lowest BCUT2D eigenvalue weighted by molar-refractivity contribution is -0.153. The van der Waals surface area contributed by atoms with E-state index in [1.54, 1.807) is 36.4 Å². The maximum atomic E-state index is 12.0. The molecule has 1 radical (unpaired) electrons. The maximum Gasteiger partial charge on any atom is 0.422 e. The van der Waals surface area contributed by atoms with Gasteiger partial charge in [-0.1, -0.05) is 12.1 Å². The first kappa shape index (κ1) is 13.3. The van der Waals surface area contributed by atoms with Crippen LogP contribution in [0, 0.1) is 6.07 Å². The van der Waals surface area contributed by atoms with Crippen molar-refractivity contribution >= 4 is 0 Å². The Hall–Kier alpha value is -2.17. The number of alkyl halides is 3. The van der Waals surface area contributed by atoms with E-state index in [1.807, 2.05) is 0 Å². The average molecular weight is 267 g/mol. The van der Waals surface area contributed by atoms with E-state index >= 15 is 0 Å². The quantitative estimate of drug-likeness (QED) is 0.825. The summed E-state index contributed by atoms with van der Waals surface area (Å²) in [6, 6.07) is 15.7. The van der Waals surface area contributed by atoms with Crippen LogP contribution >= 0.6 is 0 Å². The number of halogens is 3. The topological polar surface area (TPSA) is 18.5 Å². The van der Waals surface area contributed by atoms with Crippen LogP contribution in [-0.2, 0) is 0 Å². The third-order valence-electron chi connectivity index (χ3n) is 2.15. The zero-order chi connectivity index (χ0) is 13.7. The maximum absolute atomic E-state index is 12.0. The van der Waals surface area contributed by atoms with E-state index in [4.69, 9.17) is 4.74 Å². The highest BCUT2D eigenvalue weighted by atomic mass is 19.4. The van der Waals surface area contributed by atoms with E-state index < -0.39 is 12.8 Å². The molecule has 0 aliphatic rings. The van der Waals surface area contributed by atoms with Gasteiger partial charge >= 0.3 is 6.18 Å². The number of hydrogen-bond donors (Lipinski definition) is 0. The van der Waals surface area contributed by atoms with E-state index in [0.717, 1.165) is 0 Å². The minimum atomic E-state index is -4.34. The highest BCUT2D eigenvalue weighted by molar-refractivity contribution is 5.35. The van der Waals surface area contributed by atoms with Crippen molar-refractivity contribution in [2.75, 3.05) is 6.61 Å². The van der Waals surface area contributed by atoms with E-state index in [-0.39, 0.29) is 5.75 Å². The van der Waals surface area contributed by atoms with Gasteiger partial charge in [0.2, 0.25) is 0 Å². The molecule has 0 aliphatic carbocycles. The molecule has 0 saturated carbocycles. The minimum absolute atomic E-state index is 0.145. The molecule has 99 valence electrons. The Kier molecular flexibility index (Phi) is 3.94. The molecule has 2 aromatic carbocycles. The van der Waals surface area contributed by atoms with Crippen LogP contribution in [0.3, 0.4) is 0 Å². The van der Waals surface area contributed by atoms with Crippen molar-refractivity contribution < 1.29 is 22.6 Å². The highest BCUT2D eigenvalue weighted by Gasteiger charge is 2.28. The van der Waals surface area contributed by atoms with E-state index in [1.165, 1.54) is 12.1 Å². The molecule has 2 rings (SSSR count). The number of benzene rings is 2. The summed E-state index contributed by atoms with van der Waals surface area (Å²) in [5, 5.41) is 0. The van der Waals surface area contributed by atoms with Gasteiger partial charge in [0, 0.05) is 0 Å². The molecule has 0 N–H and O–H groups in total. The molecule has 0 fully saturated rings. The first-order chi connectivity index (χ1) is 9.03. The zero-order valence-corrected chi connectivity index (χ0v) is 9.78. The van der Waals surface area contributed by atoms with Gasteiger partial charge in [0.25, 0.3) is 0 Å². The summed E-state index contributed by atoms with van der Waals surface area (Å²) in [6.45, 7) is -1.30. The van der Waals surface area contributed by atoms with Crippen LogP contribution in [0.4, 0.5) is 13.2 Å². The van der Waals surface area contributed by atoms with Gasteiger partial charge in [-0.05, 0) is 42.5 Å². The van der Waals surface area contributed by atoms with Crippen molar-refractivity contribution in [1.29, 1.82) is 0 Å². The largest absolute Gasteiger partial charge is 0.484 e. The van der Waals surface area contributed by atoms with Crippen LogP contribution in [0.5, 0.6) is 17.2 Å². The Morgan fingerprint density at radius 2 is 1.37 bits per heavy atom. The predicted octanol–water partition coefficient (Wildman–Crippen LogP) is 4.22. The van der Waals surface area contributed by atoms with Gasteiger partial charge in [0.05, 0.1) is 0 Å². The highest BCUT2D eigenvalue weighted by Crippen LogP contribution is 2.24. The molecule has 0 spiro atoms. The third-order valence-corrected chi connectivity index (χ3v) is 2.15. The van der Waals surface area contributed by atoms with Gasteiger partial charge in [-0.2, -0.15) is 13.2 Å². The molecular formula is C14H10F3O2. The van der Waals surface area contributed by atoms with Crippen molar-refractivity contribution in [2.45, 2.75) is 6.18 Å². The molecular weight excluding hydrogens is 257 g/mol. The lowest BCUT2D eigenvalue weighted by Gasteiger charge is -2.10. The summed E-state index contributed by atoms with van der Waals surface area (Å²) in [5.41, 5.74) is 0. The van der Waals surface area contributed by atoms with Gasteiger partial charge in [0.15, 0.2) is 6.61 Å². The summed E-state index contributed by atoms with van der Waals surface area (Å²) < 4.78 is 45.9. The second-order valence-corrected chi connectivity index (χ2v) is 3.71. The smallest absolute Gasteiger partial charge is 0.422 e. The summed E-state index contributed by atoms with van der Waals surface area (Å²) in [4.78, 5) is 0. The molecule has 0 aromatic heterocycles. The number of hydrogen-bond acceptors (Lipinski definition) is 2. The Balaban J connectivity index is 1.95. The first-order valence-corrected chi connectivity index (χ1v) is 5.46. The molecule has 0 saturated heterocycles. The molecule has 0 atom stereocenters. The van der Waals surface area contributed by atoms with Gasteiger partial charge < -0.3 is 9.47 Å². The standard InChI is InChI=1S/C14H10F3O2/c15-14(16,17)10-18-11-6-8-13(9-7-11)19-12-4-2-1-3-5-12/h2-9H,10H2. The fourth-order valence-corrected chi connectivity index (χ4v) is 1.34. The lowest BCUT2D eigenvalue weighted by Crippen LogP contribution is -2.19. The molecule has 5 heteroatoms. The predicted molar refractivity (Wildman–Crippen MR) is 63.3 cm³/mol. The minimum Gasteiger partial charge on any atom is -0.484 e. The Labute approximate surface area is 108 Å². The Morgan fingerprint density at radius 1 is 0.842 bits per heavy atom. The van der Waals surface area contributed by atoms with Crippen LogP contribution in [0.15, 0.2) is 48.5 Å². The molecule has 2 aromatic rings. The molecule has 0 unspecified atom stereocenters. The molecule has 2 nitrogen and oxygen atoms in total. The van der Waals surface area contributed by atoms with Crippen molar-refractivity contribution in [3.05, 3.63) is 54.6 Å². The molecule has 0 aliphatic heterocycles. The molecule has 19 heavy (non-hydrogen) atoms. The SMILES string of the molecule is FC(F)(F)COc1ccc(Oc2cc[c]cc2)cc1. The molecule has 0 bridgehead atoms. The Bertz CT molecular complexity index is 506. The molecule has 0 heterocycles. The van der Waals surface area contributed by atoms with Gasteiger partial charge in [-0.25, -0.2) is 0 Å². The van der Waals surface area contributed by atoms with Gasteiger partial charge in [0.1, 0.15) is 17.2 Å². The lowest BCUT2D eigenvalue weighted by atomic mass is 10.3. The van der Waals surface area contributed by atoms with Crippen LogP contribution in [0.2, 0.25) is 0 Å². The van der Waals surface area contributed by atoms with E-state index in [2.05, 4.69) is 10.8 Å². The van der Waals surface area contributed by atoms with Gasteiger partial charge in [-0.3, -0.25) is 0 Å². The third kappa shape index (κ3) is 4.54. The second-order valence-electron chi connectivity index (χ2n) is 3.71. The van der Waals surface area contributed by atoms with Crippen LogP contribution in [0.1, 0.15) is 0 Å². The zero-order valence-electron chi connectivity index (χ0n) is 9.78. The fourth-order valence-electron chi connectivity index (χ4n) is 1.34. The number of ether oxygens (including phenoxy) is 2. The average Bonchev–Trinajstić information content (AvgIpc) is 2.38. The van der Waals surface area contributed by atoms with E-state index in [9.17, 15) is 13.2 Å². The Morgan fingerprint density at radius 3 is 1.95 bits per heavy atom. The normalized spacial score (nSPS) is 11.1. The van der Waals surface area contributed by atoms with Crippen LogP contribution < -0.4 is 9.47 Å².